The predicted octanol–water partition coefficient (Wildman–Crippen LogP) is 4.12. The van der Waals surface area contributed by atoms with Gasteiger partial charge in [0.05, 0.1) is 17.1 Å². The number of aromatic nitrogens is 2. The molecule has 2 aromatic carbocycles. The standard InChI is InChI=1S/C29H35N5O4S/c1-18(2)12-22-15-33(5)16-23-17-34(22)28(35)21-10-7-11-24(13-21)39(36,37)32-29-30-25(14-26(31-29)38-23)27-19(3)8-6-9-20(27)4/h6-11,13-14,18,22-23H,12,15-17H2,1-5H3,(H,30,31,32)/t22-,23+/m0/s1. The molecule has 2 aliphatic heterocycles. The highest BCUT2D eigenvalue weighted by Gasteiger charge is 2.34. The summed E-state index contributed by atoms with van der Waals surface area (Å²) >= 11 is 0. The van der Waals surface area contributed by atoms with Crippen LogP contribution in [0.4, 0.5) is 5.95 Å². The van der Waals surface area contributed by atoms with Crippen LogP contribution in [-0.4, -0.2) is 72.9 Å². The lowest BCUT2D eigenvalue weighted by Crippen LogP contribution is -2.46. The van der Waals surface area contributed by atoms with Crippen LogP contribution in [0.2, 0.25) is 0 Å². The molecule has 10 heteroatoms. The van der Waals surface area contributed by atoms with Gasteiger partial charge in [-0.25, -0.2) is 18.1 Å². The zero-order valence-corrected chi connectivity index (χ0v) is 23.8. The number of aryl methyl sites for hydroxylation is 2. The number of ether oxygens (including phenoxy) is 1. The number of hydrogen-bond donors (Lipinski definition) is 1. The quantitative estimate of drug-likeness (QED) is 0.524. The number of carbonyl (C=O) groups is 1. The lowest BCUT2D eigenvalue weighted by molar-refractivity contribution is 0.0584. The number of anilines is 1. The molecule has 1 N–H and O–H groups in total. The number of nitrogens with zero attached hydrogens (tertiary/aromatic N) is 4. The van der Waals surface area contributed by atoms with Crippen molar-refractivity contribution in [3.8, 4) is 17.1 Å². The second kappa shape index (κ2) is 10.6. The Morgan fingerprint density at radius 3 is 2.46 bits per heavy atom. The highest BCUT2D eigenvalue weighted by atomic mass is 32.2. The van der Waals surface area contributed by atoms with Crippen molar-refractivity contribution in [3.05, 3.63) is 65.2 Å². The maximum absolute atomic E-state index is 13.9. The molecular formula is C29H35N5O4S. The molecule has 0 radical (unpaired) electrons. The van der Waals surface area contributed by atoms with E-state index in [0.717, 1.165) is 23.1 Å². The molecule has 1 saturated heterocycles. The minimum atomic E-state index is -4.08. The molecule has 3 aromatic rings. The summed E-state index contributed by atoms with van der Waals surface area (Å²) in [6, 6.07) is 13.8. The first-order chi connectivity index (χ1) is 18.5. The van der Waals surface area contributed by atoms with E-state index < -0.39 is 10.0 Å². The molecule has 0 spiro atoms. The molecular weight excluding hydrogens is 514 g/mol. The number of nitrogens with one attached hydrogen (secondary N) is 1. The third kappa shape index (κ3) is 5.77. The number of fused-ring (bicyclic) bond motifs is 6. The fourth-order valence-electron chi connectivity index (χ4n) is 5.57. The van der Waals surface area contributed by atoms with E-state index in [1.54, 1.807) is 18.2 Å². The summed E-state index contributed by atoms with van der Waals surface area (Å²) in [6.07, 6.45) is 0.432. The topological polar surface area (TPSA) is 105 Å². The second-order valence-corrected chi connectivity index (χ2v) is 12.7. The van der Waals surface area contributed by atoms with Crippen molar-refractivity contribution in [2.45, 2.75) is 51.2 Å². The Hall–Kier alpha value is -3.50. The van der Waals surface area contributed by atoms with Gasteiger partial charge in [0, 0.05) is 36.3 Å². The van der Waals surface area contributed by atoms with Gasteiger partial charge in [-0.15, -0.1) is 0 Å². The van der Waals surface area contributed by atoms with Gasteiger partial charge < -0.3 is 14.5 Å². The number of amides is 1. The van der Waals surface area contributed by atoms with Crippen LogP contribution in [0, 0.1) is 19.8 Å². The van der Waals surface area contributed by atoms with E-state index in [0.29, 0.717) is 36.8 Å². The van der Waals surface area contributed by atoms with Crippen LogP contribution < -0.4 is 9.46 Å². The van der Waals surface area contributed by atoms with Gasteiger partial charge in [0.2, 0.25) is 11.8 Å². The van der Waals surface area contributed by atoms with Gasteiger partial charge in [0.15, 0.2) is 0 Å². The third-order valence-corrected chi connectivity index (χ3v) is 8.55. The normalized spacial score (nSPS) is 21.2. The molecule has 2 atom stereocenters. The maximum Gasteiger partial charge on any atom is 0.264 e. The fraction of sp³-hybridized carbons (Fsp3) is 0.414. The van der Waals surface area contributed by atoms with Gasteiger partial charge in [-0.2, -0.15) is 4.98 Å². The molecule has 6 bridgehead atoms. The number of sulfonamides is 1. The monoisotopic (exact) mass is 549 g/mol. The Balaban J connectivity index is 1.68. The van der Waals surface area contributed by atoms with Gasteiger partial charge in [-0.3, -0.25) is 4.79 Å². The van der Waals surface area contributed by atoms with Crippen LogP contribution in [0.3, 0.4) is 0 Å². The lowest BCUT2D eigenvalue weighted by Gasteiger charge is -2.33. The molecule has 2 aliphatic rings. The number of hydrogen-bond acceptors (Lipinski definition) is 7. The van der Waals surface area contributed by atoms with Crippen LogP contribution in [0.1, 0.15) is 41.8 Å². The third-order valence-electron chi connectivity index (χ3n) is 7.23. The van der Waals surface area contributed by atoms with Crippen molar-refractivity contribution >= 4 is 21.9 Å². The van der Waals surface area contributed by atoms with Crippen LogP contribution in [0.15, 0.2) is 53.4 Å². The van der Waals surface area contributed by atoms with Crippen LogP contribution in [-0.2, 0) is 10.0 Å². The largest absolute Gasteiger partial charge is 0.471 e. The molecule has 0 saturated carbocycles. The van der Waals surface area contributed by atoms with E-state index in [1.165, 1.54) is 12.1 Å². The Morgan fingerprint density at radius 2 is 1.74 bits per heavy atom. The number of rotatable bonds is 3. The van der Waals surface area contributed by atoms with Crippen molar-refractivity contribution in [2.75, 3.05) is 31.4 Å². The summed E-state index contributed by atoms with van der Waals surface area (Å²) in [5, 5.41) is 0. The van der Waals surface area contributed by atoms with Gasteiger partial charge in [-0.05, 0) is 62.6 Å². The summed E-state index contributed by atoms with van der Waals surface area (Å²) in [5.41, 5.74) is 3.77. The molecule has 1 aromatic heterocycles. The lowest BCUT2D eigenvalue weighted by atomic mass is 10.00. The van der Waals surface area contributed by atoms with E-state index in [9.17, 15) is 13.2 Å². The Morgan fingerprint density at radius 1 is 1.03 bits per heavy atom. The zero-order valence-electron chi connectivity index (χ0n) is 23.0. The van der Waals surface area contributed by atoms with Gasteiger partial charge in [0.1, 0.15) is 6.10 Å². The van der Waals surface area contributed by atoms with Gasteiger partial charge in [-0.1, -0.05) is 38.1 Å². The Labute approximate surface area is 230 Å². The van der Waals surface area contributed by atoms with E-state index in [1.807, 2.05) is 44.0 Å². The molecule has 0 unspecified atom stereocenters. The first-order valence-corrected chi connectivity index (χ1v) is 14.7. The molecule has 1 fully saturated rings. The highest BCUT2D eigenvalue weighted by Crippen LogP contribution is 2.31. The first-order valence-electron chi connectivity index (χ1n) is 13.2. The number of benzene rings is 2. The SMILES string of the molecule is Cc1cccc(C)c1-c1cc2nc(n1)NS(=O)(=O)c1cccc(c1)C(=O)N1C[C@@H](CN(C)C[C@@H]1CC(C)C)O2. The van der Waals surface area contributed by atoms with Crippen LogP contribution >= 0.6 is 0 Å². The van der Waals surface area contributed by atoms with Crippen LogP contribution in [0.5, 0.6) is 5.88 Å². The zero-order chi connectivity index (χ0) is 27.9. The first kappa shape index (κ1) is 27.1. The van der Waals surface area contributed by atoms with E-state index in [4.69, 9.17) is 4.74 Å². The van der Waals surface area contributed by atoms with Crippen molar-refractivity contribution in [1.29, 1.82) is 0 Å². The average molecular weight is 550 g/mol. The summed E-state index contributed by atoms with van der Waals surface area (Å²) in [5.74, 6) is 0.324. The number of carbonyl (C=O) groups excluding carboxylic acids is 1. The second-order valence-electron chi connectivity index (χ2n) is 11.0. The Kier molecular flexibility index (Phi) is 7.35. The maximum atomic E-state index is 13.9. The van der Waals surface area contributed by atoms with Gasteiger partial charge >= 0.3 is 0 Å². The summed E-state index contributed by atoms with van der Waals surface area (Å²) in [6.45, 7) is 9.88. The van der Waals surface area contributed by atoms with Crippen molar-refractivity contribution in [2.24, 2.45) is 5.92 Å². The van der Waals surface area contributed by atoms with Crippen molar-refractivity contribution < 1.29 is 17.9 Å². The molecule has 39 heavy (non-hydrogen) atoms. The molecule has 9 nitrogen and oxygen atoms in total. The van der Waals surface area contributed by atoms with Crippen LogP contribution in [0.25, 0.3) is 11.3 Å². The van der Waals surface area contributed by atoms with Crippen molar-refractivity contribution in [3.63, 3.8) is 0 Å². The molecule has 5 rings (SSSR count). The average Bonchev–Trinajstić information content (AvgIpc) is 3.00. The minimum absolute atomic E-state index is 0.0277. The summed E-state index contributed by atoms with van der Waals surface area (Å²) < 4.78 is 35.8. The van der Waals surface area contributed by atoms with E-state index in [2.05, 4.69) is 33.4 Å². The minimum Gasteiger partial charge on any atom is -0.471 e. The number of likely N-dealkylation sites (N-methyl/N-ethyl adjacent to an activating group) is 1. The summed E-state index contributed by atoms with van der Waals surface area (Å²) in [7, 11) is -2.05. The fourth-order valence-corrected chi connectivity index (χ4v) is 6.55. The van der Waals surface area contributed by atoms with E-state index >= 15 is 0 Å². The van der Waals surface area contributed by atoms with Crippen molar-refractivity contribution in [1.82, 2.24) is 19.8 Å². The molecule has 0 aliphatic carbocycles. The molecule has 3 heterocycles. The Bertz CT molecular complexity index is 1490. The smallest absolute Gasteiger partial charge is 0.264 e. The summed E-state index contributed by atoms with van der Waals surface area (Å²) in [4.78, 5) is 26.9. The predicted molar refractivity (Wildman–Crippen MR) is 150 cm³/mol. The van der Waals surface area contributed by atoms with Gasteiger partial charge in [0.25, 0.3) is 15.9 Å². The molecule has 206 valence electrons. The van der Waals surface area contributed by atoms with E-state index in [-0.39, 0.29) is 34.8 Å². The molecule has 1 amide bonds. The highest BCUT2D eigenvalue weighted by molar-refractivity contribution is 7.92.